The van der Waals surface area contributed by atoms with E-state index in [0.717, 1.165) is 40.0 Å². The van der Waals surface area contributed by atoms with Crippen LogP contribution in [0.3, 0.4) is 0 Å². The first-order valence-corrected chi connectivity index (χ1v) is 14.5. The Labute approximate surface area is 207 Å². The lowest BCUT2D eigenvalue weighted by Crippen LogP contribution is -2.48. The van der Waals surface area contributed by atoms with Crippen molar-refractivity contribution in [2.24, 2.45) is 17.8 Å². The molecular weight excluding hydrogens is 467 g/mol. The van der Waals surface area contributed by atoms with Gasteiger partial charge < -0.3 is 14.2 Å². The molecule has 0 amide bonds. The van der Waals surface area contributed by atoms with E-state index < -0.39 is 7.60 Å². The molecule has 0 heterocycles. The predicted molar refractivity (Wildman–Crippen MR) is 138 cm³/mol. The van der Waals surface area contributed by atoms with Crippen LogP contribution in [0.15, 0.2) is 42.2 Å². The number of hydrogen-bond acceptors (Lipinski definition) is 4. The minimum absolute atomic E-state index is 0.115. The molecule has 4 aliphatic carbocycles. The average molecular weight is 501 g/mol. The lowest BCUT2D eigenvalue weighted by molar-refractivity contribution is -0.00611. The largest absolute Gasteiger partial charge is 0.508 e. The molecule has 6 rings (SSSR count). The van der Waals surface area contributed by atoms with E-state index in [-0.39, 0.29) is 5.41 Å². The molecule has 2 aromatic carbocycles. The molecule has 4 saturated carbocycles. The van der Waals surface area contributed by atoms with Crippen molar-refractivity contribution in [1.29, 1.82) is 0 Å². The molecule has 4 bridgehead atoms. The van der Waals surface area contributed by atoms with E-state index in [2.05, 4.69) is 6.07 Å². The predicted octanol–water partition coefficient (Wildman–Crippen LogP) is 8.42. The van der Waals surface area contributed by atoms with Gasteiger partial charge in [0, 0.05) is 22.0 Å². The van der Waals surface area contributed by atoms with Gasteiger partial charge in [0.1, 0.15) is 5.75 Å². The zero-order valence-corrected chi connectivity index (χ0v) is 21.7. The molecule has 0 spiro atoms. The average Bonchev–Trinajstić information content (AvgIpc) is 2.78. The van der Waals surface area contributed by atoms with Gasteiger partial charge in [-0.05, 0) is 111 Å². The molecule has 0 radical (unpaired) electrons. The first kappa shape index (κ1) is 24.1. The molecule has 1 N–H and O–H groups in total. The topological polar surface area (TPSA) is 55.8 Å². The fourth-order valence-corrected chi connectivity index (χ4v) is 8.72. The molecule has 2 aromatic rings. The maximum atomic E-state index is 12.7. The van der Waals surface area contributed by atoms with Crippen LogP contribution in [-0.4, -0.2) is 18.3 Å². The first-order valence-electron chi connectivity index (χ1n) is 12.5. The molecular formula is C28H34ClO4P. The highest BCUT2D eigenvalue weighted by molar-refractivity contribution is 7.57. The lowest BCUT2D eigenvalue weighted by atomic mass is 9.48. The Kier molecular flexibility index (Phi) is 6.72. The number of phenols is 1. The van der Waals surface area contributed by atoms with Gasteiger partial charge in [0.05, 0.1) is 13.2 Å². The molecule has 6 heteroatoms. The maximum absolute atomic E-state index is 12.7. The minimum Gasteiger partial charge on any atom is -0.508 e. The third-order valence-corrected chi connectivity index (χ3v) is 10.0. The number of benzene rings is 2. The van der Waals surface area contributed by atoms with Gasteiger partial charge in [-0.2, -0.15) is 0 Å². The molecule has 4 fully saturated rings. The second-order valence-electron chi connectivity index (χ2n) is 10.4. The lowest BCUT2D eigenvalue weighted by Gasteiger charge is -2.57. The summed E-state index contributed by atoms with van der Waals surface area (Å²) in [7, 11) is -3.26. The van der Waals surface area contributed by atoms with Crippen LogP contribution in [-0.2, 0) is 19.0 Å². The fraction of sp³-hybridized carbons (Fsp3) is 0.500. The summed E-state index contributed by atoms with van der Waals surface area (Å²) in [5.41, 5.74) is 4.01. The van der Waals surface area contributed by atoms with Crippen molar-refractivity contribution in [3.63, 3.8) is 0 Å². The van der Waals surface area contributed by atoms with E-state index in [4.69, 9.17) is 20.6 Å². The van der Waals surface area contributed by atoms with Crippen molar-refractivity contribution in [2.45, 2.75) is 57.8 Å². The smallest absolute Gasteiger partial charge is 0.354 e. The van der Waals surface area contributed by atoms with Gasteiger partial charge in [-0.15, -0.1) is 0 Å². The van der Waals surface area contributed by atoms with E-state index in [9.17, 15) is 9.67 Å². The van der Waals surface area contributed by atoms with Gasteiger partial charge in [0.25, 0.3) is 0 Å². The minimum atomic E-state index is -3.26. The zero-order chi connectivity index (χ0) is 23.9. The summed E-state index contributed by atoms with van der Waals surface area (Å²) >= 11 is 6.72. The van der Waals surface area contributed by atoms with Crippen molar-refractivity contribution in [2.75, 3.05) is 13.2 Å². The van der Waals surface area contributed by atoms with Crippen LogP contribution in [0.5, 0.6) is 5.75 Å². The third kappa shape index (κ3) is 4.63. The molecule has 182 valence electrons. The Hall–Kier alpha value is -1.58. The SMILES string of the molecule is CCOP(=O)(/C=C/c1ccc(-c2ccc(O)c(C34CC5CC(CC(C5)C3)C4)c2)c(Cl)c1)OCC. The van der Waals surface area contributed by atoms with Gasteiger partial charge in [-0.1, -0.05) is 29.8 Å². The van der Waals surface area contributed by atoms with Crippen LogP contribution in [0.4, 0.5) is 0 Å². The molecule has 4 aliphatic rings. The molecule has 0 aromatic heterocycles. The van der Waals surface area contributed by atoms with Crippen LogP contribution in [0.25, 0.3) is 17.2 Å². The Morgan fingerprint density at radius 3 is 2.18 bits per heavy atom. The van der Waals surface area contributed by atoms with E-state index in [0.29, 0.717) is 24.0 Å². The van der Waals surface area contributed by atoms with E-state index in [1.54, 1.807) is 19.9 Å². The van der Waals surface area contributed by atoms with Crippen LogP contribution in [0, 0.1) is 17.8 Å². The summed E-state index contributed by atoms with van der Waals surface area (Å²) in [6, 6.07) is 11.8. The van der Waals surface area contributed by atoms with Gasteiger partial charge >= 0.3 is 7.60 Å². The van der Waals surface area contributed by atoms with Gasteiger partial charge in [-0.3, -0.25) is 4.57 Å². The van der Waals surface area contributed by atoms with Crippen LogP contribution >= 0.6 is 19.2 Å². The second-order valence-corrected chi connectivity index (χ2v) is 12.7. The summed E-state index contributed by atoms with van der Waals surface area (Å²) in [5.74, 6) is 4.36. The number of hydrogen-bond donors (Lipinski definition) is 1. The Morgan fingerprint density at radius 2 is 1.62 bits per heavy atom. The first-order chi connectivity index (χ1) is 16.3. The molecule has 34 heavy (non-hydrogen) atoms. The zero-order valence-electron chi connectivity index (χ0n) is 20.0. The van der Waals surface area contributed by atoms with Gasteiger partial charge in [-0.25, -0.2) is 0 Å². The van der Waals surface area contributed by atoms with Crippen molar-refractivity contribution in [3.05, 3.63) is 58.4 Å². The number of halogens is 1. The second kappa shape index (κ2) is 9.47. The maximum Gasteiger partial charge on any atom is 0.354 e. The van der Waals surface area contributed by atoms with Crippen molar-refractivity contribution in [3.8, 4) is 16.9 Å². The van der Waals surface area contributed by atoms with E-state index in [1.807, 2.05) is 30.3 Å². The Morgan fingerprint density at radius 1 is 1.00 bits per heavy atom. The number of phenolic OH excluding ortho intramolecular Hbond substituents is 1. The molecule has 0 atom stereocenters. The molecule has 0 saturated heterocycles. The van der Waals surface area contributed by atoms with Gasteiger partial charge in [0.15, 0.2) is 0 Å². The monoisotopic (exact) mass is 500 g/mol. The fourth-order valence-electron chi connectivity index (χ4n) is 7.10. The standard InChI is InChI=1S/C28H34ClO4P/c1-3-32-34(31,33-4-2)10-9-19-5-7-24(26(29)14-19)23-6-8-27(30)25(15-23)28-16-20-11-21(17-28)13-22(12-20)18-28/h5-10,14-15,20-22,30H,3-4,11-13,16-18H2,1-2H3/b10-9+. The Balaban J connectivity index is 1.43. The number of aromatic hydroxyl groups is 1. The third-order valence-electron chi connectivity index (χ3n) is 7.98. The van der Waals surface area contributed by atoms with Crippen LogP contribution < -0.4 is 0 Å². The molecule has 4 nitrogen and oxygen atoms in total. The van der Waals surface area contributed by atoms with E-state index in [1.165, 1.54) is 44.3 Å². The van der Waals surface area contributed by atoms with Crippen molar-refractivity contribution in [1.82, 2.24) is 0 Å². The van der Waals surface area contributed by atoms with Crippen LogP contribution in [0.1, 0.15) is 63.5 Å². The van der Waals surface area contributed by atoms with Crippen LogP contribution in [0.2, 0.25) is 5.02 Å². The summed E-state index contributed by atoms with van der Waals surface area (Å²) < 4.78 is 23.4. The summed E-state index contributed by atoms with van der Waals surface area (Å²) in [4.78, 5) is 0. The highest BCUT2D eigenvalue weighted by atomic mass is 35.5. The highest BCUT2D eigenvalue weighted by Crippen LogP contribution is 2.62. The normalized spacial score (nSPS) is 28.1. The van der Waals surface area contributed by atoms with Crippen molar-refractivity contribution >= 4 is 25.3 Å². The summed E-state index contributed by atoms with van der Waals surface area (Å²) in [6.45, 7) is 4.21. The number of rotatable bonds is 8. The summed E-state index contributed by atoms with van der Waals surface area (Å²) in [6.07, 6.45) is 9.47. The van der Waals surface area contributed by atoms with E-state index >= 15 is 0 Å². The van der Waals surface area contributed by atoms with Crippen molar-refractivity contribution < 1.29 is 18.7 Å². The molecule has 0 unspecified atom stereocenters. The molecule has 0 aliphatic heterocycles. The van der Waals surface area contributed by atoms with Gasteiger partial charge in [0.2, 0.25) is 0 Å². The highest BCUT2D eigenvalue weighted by Gasteiger charge is 2.52. The quantitative estimate of drug-likeness (QED) is 0.369. The summed E-state index contributed by atoms with van der Waals surface area (Å²) in [5, 5.41) is 11.5. The Bertz CT molecular complexity index is 1100.